The van der Waals surface area contributed by atoms with Crippen molar-refractivity contribution in [1.29, 1.82) is 0 Å². The Bertz CT molecular complexity index is 1010. The molecule has 0 aliphatic carbocycles. The minimum absolute atomic E-state index is 0.321. The van der Waals surface area contributed by atoms with Crippen LogP contribution in [0.15, 0.2) is 78.9 Å². The first kappa shape index (κ1) is 22.8. The normalized spacial score (nSPS) is 10.3. The number of ether oxygens (including phenoxy) is 3. The number of hydrogen-bond acceptors (Lipinski definition) is 5. The van der Waals surface area contributed by atoms with Crippen LogP contribution in [0.4, 0.5) is 0 Å². The lowest BCUT2D eigenvalue weighted by molar-refractivity contribution is 0.0844. The van der Waals surface area contributed by atoms with Crippen molar-refractivity contribution in [2.24, 2.45) is 0 Å². The number of rotatable bonds is 10. The van der Waals surface area contributed by atoms with Gasteiger partial charge in [0.1, 0.15) is 24.7 Å². The number of amides is 2. The number of carbonyl (C=O) groups excluding carboxylic acids is 2. The Morgan fingerprint density at radius 1 is 0.750 bits per heavy atom. The van der Waals surface area contributed by atoms with E-state index in [1.807, 2.05) is 37.3 Å². The van der Waals surface area contributed by atoms with Gasteiger partial charge in [-0.25, -0.2) is 0 Å². The number of hydrogen-bond donors (Lipinski definition) is 2. The van der Waals surface area contributed by atoms with Crippen molar-refractivity contribution >= 4 is 11.8 Å². The van der Waals surface area contributed by atoms with Crippen molar-refractivity contribution < 1.29 is 23.8 Å². The van der Waals surface area contributed by atoms with Gasteiger partial charge in [0.05, 0.1) is 12.2 Å². The predicted octanol–water partition coefficient (Wildman–Crippen LogP) is 3.76. The van der Waals surface area contributed by atoms with Crippen molar-refractivity contribution in [1.82, 2.24) is 10.9 Å². The third-order valence-electron chi connectivity index (χ3n) is 4.48. The Labute approximate surface area is 187 Å². The second-order valence-electron chi connectivity index (χ2n) is 6.75. The van der Waals surface area contributed by atoms with Crippen LogP contribution in [0.5, 0.6) is 11.5 Å². The number of para-hydroxylation sites is 1. The maximum absolute atomic E-state index is 12.6. The molecule has 7 heteroatoms. The average Bonchev–Trinajstić information content (AvgIpc) is 2.85. The zero-order valence-electron chi connectivity index (χ0n) is 17.9. The summed E-state index contributed by atoms with van der Waals surface area (Å²) in [4.78, 5) is 25.0. The summed E-state index contributed by atoms with van der Waals surface area (Å²) in [7, 11) is 0. The maximum Gasteiger partial charge on any atom is 0.273 e. The standard InChI is InChI=1S/C25H26N2O5/c1-2-30-16-17-31-21-14-12-20(13-15-21)24(28)26-27-25(29)22-10-6-7-11-23(22)32-18-19-8-4-3-5-9-19/h3-15H,2,16-18H2,1H3,(H,26,28)(H,27,29). The Morgan fingerprint density at radius 2 is 1.44 bits per heavy atom. The topological polar surface area (TPSA) is 85.9 Å². The lowest BCUT2D eigenvalue weighted by Gasteiger charge is -2.12. The van der Waals surface area contributed by atoms with E-state index in [0.29, 0.717) is 49.1 Å². The Morgan fingerprint density at radius 3 is 2.19 bits per heavy atom. The monoisotopic (exact) mass is 434 g/mol. The quantitative estimate of drug-likeness (QED) is 0.375. The highest BCUT2D eigenvalue weighted by Gasteiger charge is 2.14. The lowest BCUT2D eigenvalue weighted by atomic mass is 10.2. The van der Waals surface area contributed by atoms with Gasteiger partial charge < -0.3 is 14.2 Å². The fourth-order valence-electron chi connectivity index (χ4n) is 2.83. The van der Waals surface area contributed by atoms with Crippen LogP contribution < -0.4 is 20.3 Å². The van der Waals surface area contributed by atoms with Crippen LogP contribution in [0.1, 0.15) is 33.2 Å². The van der Waals surface area contributed by atoms with E-state index in [4.69, 9.17) is 14.2 Å². The van der Waals surface area contributed by atoms with Crippen LogP contribution in [-0.2, 0) is 11.3 Å². The maximum atomic E-state index is 12.6. The summed E-state index contributed by atoms with van der Waals surface area (Å²) in [5, 5.41) is 0. The fraction of sp³-hybridized carbons (Fsp3) is 0.200. The molecule has 166 valence electrons. The summed E-state index contributed by atoms with van der Waals surface area (Å²) in [6.07, 6.45) is 0. The van der Waals surface area contributed by atoms with Crippen LogP contribution in [0.25, 0.3) is 0 Å². The van der Waals surface area contributed by atoms with E-state index in [2.05, 4.69) is 10.9 Å². The fourth-order valence-corrected chi connectivity index (χ4v) is 2.83. The summed E-state index contributed by atoms with van der Waals surface area (Å²) in [6, 6.07) is 23.1. The van der Waals surface area contributed by atoms with Crippen LogP contribution >= 0.6 is 0 Å². The first-order chi connectivity index (χ1) is 15.7. The summed E-state index contributed by atoms with van der Waals surface area (Å²) >= 11 is 0. The van der Waals surface area contributed by atoms with Gasteiger partial charge in [0, 0.05) is 12.2 Å². The predicted molar refractivity (Wildman–Crippen MR) is 121 cm³/mol. The molecule has 0 spiro atoms. The highest BCUT2D eigenvalue weighted by Crippen LogP contribution is 2.19. The molecule has 0 aromatic heterocycles. The summed E-state index contributed by atoms with van der Waals surface area (Å²) in [5.41, 5.74) is 6.55. The third kappa shape index (κ3) is 6.85. The molecule has 0 saturated carbocycles. The van der Waals surface area contributed by atoms with E-state index >= 15 is 0 Å². The number of hydrazine groups is 1. The molecule has 0 aliphatic heterocycles. The second-order valence-corrected chi connectivity index (χ2v) is 6.75. The van der Waals surface area contributed by atoms with Gasteiger partial charge in [-0.15, -0.1) is 0 Å². The van der Waals surface area contributed by atoms with Crippen molar-refractivity contribution in [2.45, 2.75) is 13.5 Å². The molecule has 7 nitrogen and oxygen atoms in total. The Kier molecular flexibility index (Phi) is 8.65. The first-order valence-electron chi connectivity index (χ1n) is 10.3. The van der Waals surface area contributed by atoms with E-state index in [1.165, 1.54) is 0 Å². The zero-order chi connectivity index (χ0) is 22.6. The molecule has 0 heterocycles. The average molecular weight is 434 g/mol. The van der Waals surface area contributed by atoms with Crippen LogP contribution in [-0.4, -0.2) is 31.6 Å². The van der Waals surface area contributed by atoms with Crippen LogP contribution in [0.2, 0.25) is 0 Å². The van der Waals surface area contributed by atoms with Gasteiger partial charge in [-0.05, 0) is 48.9 Å². The molecule has 0 saturated heterocycles. The van der Waals surface area contributed by atoms with Gasteiger partial charge >= 0.3 is 0 Å². The third-order valence-corrected chi connectivity index (χ3v) is 4.48. The number of nitrogens with one attached hydrogen (secondary N) is 2. The van der Waals surface area contributed by atoms with Gasteiger partial charge in [-0.2, -0.15) is 0 Å². The molecular weight excluding hydrogens is 408 g/mol. The lowest BCUT2D eigenvalue weighted by Crippen LogP contribution is -2.41. The SMILES string of the molecule is CCOCCOc1ccc(C(=O)NNC(=O)c2ccccc2OCc2ccccc2)cc1. The molecule has 0 radical (unpaired) electrons. The van der Waals surface area contributed by atoms with Gasteiger partial charge in [-0.1, -0.05) is 42.5 Å². The van der Waals surface area contributed by atoms with Crippen molar-refractivity contribution in [3.8, 4) is 11.5 Å². The molecule has 0 unspecified atom stereocenters. The molecule has 3 aromatic rings. The van der Waals surface area contributed by atoms with E-state index < -0.39 is 11.8 Å². The molecule has 0 aliphatic rings. The summed E-state index contributed by atoms with van der Waals surface area (Å²) in [6.45, 7) is 3.82. The van der Waals surface area contributed by atoms with Gasteiger partial charge in [0.15, 0.2) is 0 Å². The largest absolute Gasteiger partial charge is 0.491 e. The second kappa shape index (κ2) is 12.1. The summed E-state index contributed by atoms with van der Waals surface area (Å²) < 4.78 is 16.5. The smallest absolute Gasteiger partial charge is 0.273 e. The molecule has 3 aromatic carbocycles. The molecule has 2 amide bonds. The minimum atomic E-state index is -0.474. The zero-order valence-corrected chi connectivity index (χ0v) is 17.9. The van der Waals surface area contributed by atoms with E-state index in [9.17, 15) is 9.59 Å². The highest BCUT2D eigenvalue weighted by molar-refractivity contribution is 6.00. The molecule has 0 bridgehead atoms. The summed E-state index contributed by atoms with van der Waals surface area (Å²) in [5.74, 6) is 0.145. The van der Waals surface area contributed by atoms with Gasteiger partial charge in [-0.3, -0.25) is 20.4 Å². The van der Waals surface area contributed by atoms with Crippen molar-refractivity contribution in [2.75, 3.05) is 19.8 Å². The van der Waals surface area contributed by atoms with Gasteiger partial charge in [0.25, 0.3) is 11.8 Å². The van der Waals surface area contributed by atoms with E-state index in [-0.39, 0.29) is 0 Å². The van der Waals surface area contributed by atoms with Crippen LogP contribution in [0, 0.1) is 0 Å². The van der Waals surface area contributed by atoms with E-state index in [1.54, 1.807) is 48.5 Å². The van der Waals surface area contributed by atoms with E-state index in [0.717, 1.165) is 5.56 Å². The Balaban J connectivity index is 1.52. The number of benzene rings is 3. The van der Waals surface area contributed by atoms with Gasteiger partial charge in [0.2, 0.25) is 0 Å². The van der Waals surface area contributed by atoms with Crippen molar-refractivity contribution in [3.05, 3.63) is 95.6 Å². The first-order valence-corrected chi connectivity index (χ1v) is 10.3. The van der Waals surface area contributed by atoms with Crippen molar-refractivity contribution in [3.63, 3.8) is 0 Å². The molecule has 0 atom stereocenters. The highest BCUT2D eigenvalue weighted by atomic mass is 16.5. The number of carbonyl (C=O) groups is 2. The molecular formula is C25H26N2O5. The Hall–Kier alpha value is -3.84. The molecule has 0 fully saturated rings. The molecule has 2 N–H and O–H groups in total. The molecule has 32 heavy (non-hydrogen) atoms. The van der Waals surface area contributed by atoms with Crippen LogP contribution in [0.3, 0.4) is 0 Å². The molecule has 3 rings (SSSR count). The minimum Gasteiger partial charge on any atom is -0.491 e.